The van der Waals surface area contributed by atoms with Gasteiger partial charge in [-0.1, -0.05) is 41.6 Å². The summed E-state index contributed by atoms with van der Waals surface area (Å²) in [5.74, 6) is 0.140. The largest absolute Gasteiger partial charge is 0.301 e. The molecule has 1 aromatic carbocycles. The zero-order chi connectivity index (χ0) is 18.7. The first kappa shape index (κ1) is 18.5. The Morgan fingerprint density at radius 1 is 1.04 bits per heavy atom. The van der Waals surface area contributed by atoms with Gasteiger partial charge < -0.3 is 5.32 Å². The van der Waals surface area contributed by atoms with Crippen molar-refractivity contribution in [2.75, 3.05) is 11.1 Å². The maximum absolute atomic E-state index is 12.2. The molecule has 1 N–H and O–H groups in total. The van der Waals surface area contributed by atoms with E-state index in [0.29, 0.717) is 10.3 Å². The number of thiazole rings is 1. The first-order valence-corrected chi connectivity index (χ1v) is 10.1. The van der Waals surface area contributed by atoms with Crippen molar-refractivity contribution in [1.82, 2.24) is 15.0 Å². The van der Waals surface area contributed by atoms with E-state index in [4.69, 9.17) is 0 Å². The molecule has 0 fully saturated rings. The molecule has 134 valence electrons. The summed E-state index contributed by atoms with van der Waals surface area (Å²) in [5.41, 5.74) is 6.10. The lowest BCUT2D eigenvalue weighted by molar-refractivity contribution is -0.113. The van der Waals surface area contributed by atoms with Gasteiger partial charge in [-0.15, -0.1) is 11.3 Å². The van der Waals surface area contributed by atoms with Crippen molar-refractivity contribution in [3.8, 4) is 11.3 Å². The Labute approximate surface area is 161 Å². The van der Waals surface area contributed by atoms with E-state index >= 15 is 0 Å². The van der Waals surface area contributed by atoms with Gasteiger partial charge in [0.15, 0.2) is 10.3 Å². The number of amides is 1. The van der Waals surface area contributed by atoms with Gasteiger partial charge in [0.2, 0.25) is 5.91 Å². The van der Waals surface area contributed by atoms with Gasteiger partial charge in [0.05, 0.1) is 11.4 Å². The first-order valence-electron chi connectivity index (χ1n) is 8.19. The fraction of sp³-hybridized carbons (Fsp3) is 0.263. The summed E-state index contributed by atoms with van der Waals surface area (Å²) in [6.07, 6.45) is 0. The van der Waals surface area contributed by atoms with Crippen molar-refractivity contribution in [1.29, 1.82) is 0 Å². The number of carbonyl (C=O) groups excluding carboxylic acids is 1. The molecule has 3 rings (SSSR count). The Morgan fingerprint density at radius 2 is 1.69 bits per heavy atom. The number of nitrogens with one attached hydrogen (secondary N) is 1. The van der Waals surface area contributed by atoms with E-state index in [2.05, 4.69) is 39.3 Å². The molecule has 3 aromatic rings. The van der Waals surface area contributed by atoms with Crippen molar-refractivity contribution in [2.24, 2.45) is 0 Å². The SMILES string of the molecule is Cc1ccc(-c2csc(NC(=O)CSc3nc(C)c(C)c(C)n3)n2)cc1. The highest BCUT2D eigenvalue weighted by molar-refractivity contribution is 7.99. The normalized spacial score (nSPS) is 10.8. The maximum atomic E-state index is 12.2. The minimum atomic E-state index is -0.112. The summed E-state index contributed by atoms with van der Waals surface area (Å²) in [4.78, 5) is 25.5. The van der Waals surface area contributed by atoms with Gasteiger partial charge in [0, 0.05) is 22.3 Å². The molecule has 0 unspecified atom stereocenters. The minimum Gasteiger partial charge on any atom is -0.301 e. The van der Waals surface area contributed by atoms with Crippen molar-refractivity contribution in [2.45, 2.75) is 32.9 Å². The third kappa shape index (κ3) is 4.47. The number of aromatic nitrogens is 3. The predicted molar refractivity (Wildman–Crippen MR) is 108 cm³/mol. The van der Waals surface area contributed by atoms with Crippen LogP contribution in [0.5, 0.6) is 0 Å². The molecular weight excluding hydrogens is 364 g/mol. The van der Waals surface area contributed by atoms with Crippen molar-refractivity contribution in [3.63, 3.8) is 0 Å². The van der Waals surface area contributed by atoms with Crippen LogP contribution >= 0.6 is 23.1 Å². The highest BCUT2D eigenvalue weighted by Crippen LogP contribution is 2.25. The third-order valence-corrected chi connectivity index (χ3v) is 5.65. The summed E-state index contributed by atoms with van der Waals surface area (Å²) in [5, 5.41) is 6.02. The number of nitrogens with zero attached hydrogens (tertiary/aromatic N) is 3. The molecule has 0 atom stereocenters. The molecule has 2 heterocycles. The van der Waals surface area contributed by atoms with Gasteiger partial charge >= 0.3 is 0 Å². The van der Waals surface area contributed by atoms with Crippen LogP contribution in [0.3, 0.4) is 0 Å². The molecule has 0 radical (unpaired) electrons. The molecule has 26 heavy (non-hydrogen) atoms. The minimum absolute atomic E-state index is 0.112. The van der Waals surface area contributed by atoms with E-state index < -0.39 is 0 Å². The van der Waals surface area contributed by atoms with Gasteiger partial charge in [-0.25, -0.2) is 15.0 Å². The van der Waals surface area contributed by atoms with E-state index in [9.17, 15) is 4.79 Å². The van der Waals surface area contributed by atoms with E-state index in [1.165, 1.54) is 28.7 Å². The Morgan fingerprint density at radius 3 is 2.35 bits per heavy atom. The van der Waals surface area contributed by atoms with Crippen LogP contribution < -0.4 is 5.32 Å². The zero-order valence-electron chi connectivity index (χ0n) is 15.2. The average molecular weight is 385 g/mol. The molecule has 7 heteroatoms. The van der Waals surface area contributed by atoms with Crippen molar-refractivity contribution in [3.05, 3.63) is 52.2 Å². The monoisotopic (exact) mass is 384 g/mol. The Kier molecular flexibility index (Phi) is 5.68. The zero-order valence-corrected chi connectivity index (χ0v) is 16.8. The average Bonchev–Trinajstić information content (AvgIpc) is 3.06. The Balaban J connectivity index is 1.59. The number of rotatable bonds is 5. The highest BCUT2D eigenvalue weighted by Gasteiger charge is 2.11. The molecule has 0 saturated heterocycles. The van der Waals surface area contributed by atoms with Gasteiger partial charge in [-0.05, 0) is 33.3 Å². The second-order valence-corrected chi connectivity index (χ2v) is 7.84. The summed E-state index contributed by atoms with van der Waals surface area (Å²) < 4.78 is 0. The maximum Gasteiger partial charge on any atom is 0.236 e. The molecule has 0 spiro atoms. The van der Waals surface area contributed by atoms with Crippen LogP contribution in [-0.4, -0.2) is 26.6 Å². The summed E-state index contributed by atoms with van der Waals surface area (Å²) in [6.45, 7) is 7.96. The van der Waals surface area contributed by atoms with Gasteiger partial charge in [-0.2, -0.15) is 0 Å². The standard InChI is InChI=1S/C19H20N4OS2/c1-11-5-7-15(8-6-11)16-9-25-19(22-16)23-17(24)10-26-18-20-13(3)12(2)14(4)21-18/h5-9H,10H2,1-4H3,(H,22,23,24). The van der Waals surface area contributed by atoms with E-state index in [0.717, 1.165) is 28.2 Å². The number of carbonyl (C=O) groups is 1. The van der Waals surface area contributed by atoms with Crippen LogP contribution in [0.25, 0.3) is 11.3 Å². The molecule has 0 aliphatic heterocycles. The molecule has 0 saturated carbocycles. The van der Waals surface area contributed by atoms with Crippen LogP contribution in [0.1, 0.15) is 22.5 Å². The fourth-order valence-corrected chi connectivity index (χ4v) is 3.75. The number of aryl methyl sites for hydroxylation is 3. The summed E-state index contributed by atoms with van der Waals surface area (Å²) in [7, 11) is 0. The van der Waals surface area contributed by atoms with Crippen LogP contribution in [-0.2, 0) is 4.79 Å². The highest BCUT2D eigenvalue weighted by atomic mass is 32.2. The lowest BCUT2D eigenvalue weighted by atomic mass is 10.1. The summed E-state index contributed by atoms with van der Waals surface area (Å²) >= 11 is 2.75. The number of hydrogen-bond donors (Lipinski definition) is 1. The number of thioether (sulfide) groups is 1. The van der Waals surface area contributed by atoms with Crippen molar-refractivity contribution < 1.29 is 4.79 Å². The van der Waals surface area contributed by atoms with Crippen LogP contribution in [0.2, 0.25) is 0 Å². The Bertz CT molecular complexity index is 912. The first-order chi connectivity index (χ1) is 12.4. The molecule has 0 aliphatic rings. The Hall–Kier alpha value is -2.25. The predicted octanol–water partition coefficient (Wildman–Crippen LogP) is 4.56. The fourth-order valence-electron chi connectivity index (χ4n) is 2.28. The number of hydrogen-bond acceptors (Lipinski definition) is 6. The smallest absolute Gasteiger partial charge is 0.236 e. The summed E-state index contributed by atoms with van der Waals surface area (Å²) in [6, 6.07) is 8.17. The lowest BCUT2D eigenvalue weighted by Gasteiger charge is -2.06. The van der Waals surface area contributed by atoms with Crippen molar-refractivity contribution >= 4 is 34.1 Å². The van der Waals surface area contributed by atoms with Gasteiger partial charge in [0.25, 0.3) is 0 Å². The van der Waals surface area contributed by atoms with Crippen LogP contribution in [0.4, 0.5) is 5.13 Å². The lowest BCUT2D eigenvalue weighted by Crippen LogP contribution is -2.14. The molecule has 0 aliphatic carbocycles. The molecule has 5 nitrogen and oxygen atoms in total. The molecular formula is C19H20N4OS2. The third-order valence-electron chi connectivity index (χ3n) is 4.04. The van der Waals surface area contributed by atoms with E-state index in [1.807, 2.05) is 38.3 Å². The number of anilines is 1. The second kappa shape index (κ2) is 7.97. The molecule has 2 aromatic heterocycles. The van der Waals surface area contributed by atoms with Gasteiger partial charge in [-0.3, -0.25) is 4.79 Å². The second-order valence-electron chi connectivity index (χ2n) is 6.04. The molecule has 1 amide bonds. The topological polar surface area (TPSA) is 67.8 Å². The van der Waals surface area contributed by atoms with Crippen LogP contribution in [0, 0.1) is 27.7 Å². The van der Waals surface area contributed by atoms with Crippen LogP contribution in [0.15, 0.2) is 34.8 Å². The number of benzene rings is 1. The van der Waals surface area contributed by atoms with E-state index in [1.54, 1.807) is 0 Å². The molecule has 0 bridgehead atoms. The van der Waals surface area contributed by atoms with Gasteiger partial charge in [0.1, 0.15) is 0 Å². The van der Waals surface area contributed by atoms with E-state index in [-0.39, 0.29) is 11.7 Å². The quantitative estimate of drug-likeness (QED) is 0.516.